The normalized spacial score (nSPS) is 55.3. The Kier molecular flexibility index (Phi) is 1.18. The van der Waals surface area contributed by atoms with Gasteiger partial charge in [0.25, 0.3) is 0 Å². The Morgan fingerprint density at radius 1 is 1.23 bits per heavy atom. The van der Waals surface area contributed by atoms with Gasteiger partial charge in [-0.15, -0.1) is 0 Å². The molecule has 0 radical (unpaired) electrons. The summed E-state index contributed by atoms with van der Waals surface area (Å²) in [5.74, 6) is 2.59. The highest BCUT2D eigenvalue weighted by Gasteiger charge is 2.69. The predicted molar refractivity (Wildman–Crippen MR) is 50.8 cm³/mol. The van der Waals surface area contributed by atoms with Crippen LogP contribution in [0.3, 0.4) is 0 Å². The minimum absolute atomic E-state index is 0.0700. The van der Waals surface area contributed by atoms with Gasteiger partial charge in [0.05, 0.1) is 11.5 Å². The first-order chi connectivity index (χ1) is 6.11. The third-order valence-electron chi connectivity index (χ3n) is 5.34. The Bertz CT molecular complexity index is 299. The lowest BCUT2D eigenvalue weighted by atomic mass is 9.59. The molecule has 4 unspecified atom stereocenters. The van der Waals surface area contributed by atoms with Crippen LogP contribution in [-0.4, -0.2) is 0 Å². The van der Waals surface area contributed by atoms with Gasteiger partial charge in [0.15, 0.2) is 0 Å². The highest BCUT2D eigenvalue weighted by molar-refractivity contribution is 5.24. The fourth-order valence-electron chi connectivity index (χ4n) is 4.72. The molecule has 3 aliphatic rings. The summed E-state index contributed by atoms with van der Waals surface area (Å²) in [6.07, 6.45) is 5.28. The second-order valence-corrected chi connectivity index (χ2v) is 5.98. The van der Waals surface area contributed by atoms with Crippen LogP contribution in [0.25, 0.3) is 0 Å². The van der Waals surface area contributed by atoms with Crippen LogP contribution in [0.4, 0.5) is 0 Å². The first-order valence-corrected chi connectivity index (χ1v) is 5.52. The summed E-state index contributed by atoms with van der Waals surface area (Å²) in [6, 6.07) is 2.69. The van der Waals surface area contributed by atoms with E-state index in [9.17, 15) is 5.26 Å². The summed E-state index contributed by atoms with van der Waals surface area (Å²) in [5.41, 5.74) is 0.370. The maximum atomic E-state index is 9.45. The van der Waals surface area contributed by atoms with Crippen LogP contribution in [0.2, 0.25) is 0 Å². The van der Waals surface area contributed by atoms with Crippen molar-refractivity contribution in [3.63, 3.8) is 0 Å². The fourth-order valence-corrected chi connectivity index (χ4v) is 4.72. The van der Waals surface area contributed by atoms with Gasteiger partial charge < -0.3 is 0 Å². The van der Waals surface area contributed by atoms with Crippen molar-refractivity contribution < 1.29 is 0 Å². The van der Waals surface area contributed by atoms with Gasteiger partial charge in [0, 0.05) is 0 Å². The largest absolute Gasteiger partial charge is 0.198 e. The van der Waals surface area contributed by atoms with Gasteiger partial charge in [-0.2, -0.15) is 5.26 Å². The molecule has 3 aliphatic carbocycles. The molecule has 1 nitrogen and oxygen atoms in total. The number of hydrogen-bond donors (Lipinski definition) is 0. The maximum Gasteiger partial charge on any atom is 0.0698 e. The monoisotopic (exact) mass is 175 g/mol. The zero-order chi connectivity index (χ0) is 9.27. The van der Waals surface area contributed by atoms with Gasteiger partial charge in [-0.3, -0.25) is 0 Å². The molecule has 3 saturated carbocycles. The van der Waals surface area contributed by atoms with Crippen molar-refractivity contribution in [1.82, 2.24) is 0 Å². The molecule has 0 aliphatic heterocycles. The summed E-state index contributed by atoms with van der Waals surface area (Å²) in [4.78, 5) is 0. The zero-order valence-electron chi connectivity index (χ0n) is 8.51. The average Bonchev–Trinajstić information content (AvgIpc) is 2.66. The van der Waals surface area contributed by atoms with Crippen molar-refractivity contribution in [2.24, 2.45) is 28.6 Å². The molecule has 0 aromatic carbocycles. The van der Waals surface area contributed by atoms with Crippen molar-refractivity contribution in [3.05, 3.63) is 0 Å². The van der Waals surface area contributed by atoms with Crippen molar-refractivity contribution in [1.29, 1.82) is 5.26 Å². The first kappa shape index (κ1) is 7.85. The predicted octanol–water partition coefficient (Wildman–Crippen LogP) is 2.97. The van der Waals surface area contributed by atoms with E-state index in [2.05, 4.69) is 19.9 Å². The SMILES string of the molecule is CC1(C)CC2C3CCC2C1(C#N)C3. The first-order valence-electron chi connectivity index (χ1n) is 5.52. The molecule has 0 heterocycles. The number of nitrogens with zero attached hydrogens (tertiary/aromatic N) is 1. The summed E-state index contributed by atoms with van der Waals surface area (Å²) in [5, 5.41) is 9.45. The van der Waals surface area contributed by atoms with E-state index in [0.29, 0.717) is 5.41 Å². The van der Waals surface area contributed by atoms with E-state index in [0.717, 1.165) is 17.8 Å². The summed E-state index contributed by atoms with van der Waals surface area (Å²) in [7, 11) is 0. The van der Waals surface area contributed by atoms with Crippen molar-refractivity contribution in [3.8, 4) is 6.07 Å². The van der Waals surface area contributed by atoms with E-state index in [1.807, 2.05) is 0 Å². The van der Waals surface area contributed by atoms with Crippen LogP contribution in [0.5, 0.6) is 0 Å². The number of hydrogen-bond acceptors (Lipinski definition) is 1. The standard InChI is InChI=1S/C12H17N/c1-11(2)6-9-8-3-4-10(9)12(11,5-8)7-13/h8-10H,3-6H2,1-2H3. The van der Waals surface area contributed by atoms with Crippen LogP contribution in [0, 0.1) is 39.9 Å². The van der Waals surface area contributed by atoms with E-state index in [1.165, 1.54) is 25.7 Å². The van der Waals surface area contributed by atoms with Gasteiger partial charge in [0.2, 0.25) is 0 Å². The van der Waals surface area contributed by atoms with E-state index >= 15 is 0 Å². The number of nitriles is 1. The summed E-state index contributed by atoms with van der Waals surface area (Å²) in [6.45, 7) is 4.62. The van der Waals surface area contributed by atoms with Crippen LogP contribution in [-0.2, 0) is 0 Å². The minimum atomic E-state index is 0.0700. The van der Waals surface area contributed by atoms with Gasteiger partial charge in [-0.1, -0.05) is 13.8 Å². The fraction of sp³-hybridized carbons (Fsp3) is 0.917. The maximum absolute atomic E-state index is 9.45. The van der Waals surface area contributed by atoms with Crippen LogP contribution < -0.4 is 0 Å². The molecular weight excluding hydrogens is 158 g/mol. The molecule has 70 valence electrons. The Morgan fingerprint density at radius 3 is 2.54 bits per heavy atom. The van der Waals surface area contributed by atoms with Gasteiger partial charge in [-0.25, -0.2) is 0 Å². The van der Waals surface area contributed by atoms with Crippen LogP contribution in [0.15, 0.2) is 0 Å². The third kappa shape index (κ3) is 0.631. The van der Waals surface area contributed by atoms with Crippen molar-refractivity contribution in [2.75, 3.05) is 0 Å². The Balaban J connectivity index is 2.12. The van der Waals surface area contributed by atoms with Crippen LogP contribution >= 0.6 is 0 Å². The minimum Gasteiger partial charge on any atom is -0.198 e. The summed E-state index contributed by atoms with van der Waals surface area (Å²) >= 11 is 0. The molecule has 4 atom stereocenters. The highest BCUT2D eigenvalue weighted by Crippen LogP contribution is 2.74. The van der Waals surface area contributed by atoms with E-state index < -0.39 is 0 Å². The molecule has 3 fully saturated rings. The molecule has 0 N–H and O–H groups in total. The smallest absolute Gasteiger partial charge is 0.0698 e. The Morgan fingerprint density at radius 2 is 2.00 bits per heavy atom. The van der Waals surface area contributed by atoms with Gasteiger partial charge in [-0.05, 0) is 48.9 Å². The molecule has 0 aromatic rings. The van der Waals surface area contributed by atoms with Gasteiger partial charge in [0.1, 0.15) is 0 Å². The quantitative estimate of drug-likeness (QED) is 0.555. The average molecular weight is 175 g/mol. The van der Waals surface area contributed by atoms with E-state index in [-0.39, 0.29) is 5.41 Å². The molecule has 13 heavy (non-hydrogen) atoms. The molecule has 0 spiro atoms. The lowest BCUT2D eigenvalue weighted by Crippen LogP contribution is -2.38. The Hall–Kier alpha value is -0.510. The molecular formula is C12H17N. The Labute approximate surface area is 80.1 Å². The van der Waals surface area contributed by atoms with Crippen molar-refractivity contribution in [2.45, 2.75) is 39.5 Å². The lowest BCUT2D eigenvalue weighted by molar-refractivity contribution is 0.0808. The van der Waals surface area contributed by atoms with Crippen molar-refractivity contribution >= 4 is 0 Å². The molecule has 4 bridgehead atoms. The van der Waals surface area contributed by atoms with Gasteiger partial charge >= 0.3 is 0 Å². The zero-order valence-corrected chi connectivity index (χ0v) is 8.51. The molecule has 1 heteroatoms. The highest BCUT2D eigenvalue weighted by atomic mass is 14.7. The topological polar surface area (TPSA) is 23.8 Å². The van der Waals surface area contributed by atoms with Crippen LogP contribution in [0.1, 0.15) is 39.5 Å². The number of rotatable bonds is 0. The van der Waals surface area contributed by atoms with E-state index in [4.69, 9.17) is 0 Å². The molecule has 3 rings (SSSR count). The lowest BCUT2D eigenvalue weighted by Gasteiger charge is -2.42. The molecule has 0 amide bonds. The second-order valence-electron chi connectivity index (χ2n) is 5.98. The summed E-state index contributed by atoms with van der Waals surface area (Å²) < 4.78 is 0. The molecule has 0 saturated heterocycles. The van der Waals surface area contributed by atoms with E-state index in [1.54, 1.807) is 0 Å². The molecule has 0 aromatic heterocycles. The second kappa shape index (κ2) is 1.95. The third-order valence-corrected chi connectivity index (χ3v) is 5.34.